The molecule has 0 spiro atoms. The largest absolute Gasteiger partial charge is 0.478 e. The van der Waals surface area contributed by atoms with Crippen LogP contribution < -0.4 is 15.5 Å². The van der Waals surface area contributed by atoms with Crippen molar-refractivity contribution in [1.82, 2.24) is 9.97 Å². The van der Waals surface area contributed by atoms with Gasteiger partial charge in [-0.3, -0.25) is 0 Å². The summed E-state index contributed by atoms with van der Waals surface area (Å²) in [7, 11) is 0. The van der Waals surface area contributed by atoms with Gasteiger partial charge in [-0.05, 0) is 24.3 Å². The molecule has 3 rings (SSSR count). The van der Waals surface area contributed by atoms with E-state index in [9.17, 15) is 4.79 Å². The third kappa shape index (κ3) is 2.78. The Morgan fingerprint density at radius 1 is 1.09 bits per heavy atom. The second-order valence-electron chi connectivity index (χ2n) is 5.10. The zero-order chi connectivity index (χ0) is 15.5. The standard InChI is InChI=1S/C15H17N5O2/c16-12-10-11(14(21)22)2-3-13(12)19-6-8-20(9-7-19)15-17-4-1-5-18-15/h1-5,10H,6-9,16H2,(H,21,22). The lowest BCUT2D eigenvalue weighted by atomic mass is 10.1. The average molecular weight is 299 g/mol. The maximum absolute atomic E-state index is 11.0. The first-order chi connectivity index (χ1) is 10.6. The molecule has 1 aromatic carbocycles. The number of carboxylic acids is 1. The van der Waals surface area contributed by atoms with Crippen LogP contribution in [-0.2, 0) is 0 Å². The lowest BCUT2D eigenvalue weighted by Gasteiger charge is -2.36. The molecule has 1 fully saturated rings. The minimum Gasteiger partial charge on any atom is -0.478 e. The fourth-order valence-corrected chi connectivity index (χ4v) is 2.58. The summed E-state index contributed by atoms with van der Waals surface area (Å²) in [5, 5.41) is 8.98. The van der Waals surface area contributed by atoms with Crippen LogP contribution in [0.3, 0.4) is 0 Å². The number of piperazine rings is 1. The number of carbonyl (C=O) groups is 1. The predicted octanol–water partition coefficient (Wildman–Crippen LogP) is 1.08. The molecule has 0 radical (unpaired) electrons. The Balaban J connectivity index is 1.70. The number of nitrogens with two attached hydrogens (primary N) is 1. The van der Waals surface area contributed by atoms with Crippen LogP contribution in [0, 0.1) is 0 Å². The Bertz CT molecular complexity index is 669. The van der Waals surface area contributed by atoms with Crippen LogP contribution in [0.1, 0.15) is 10.4 Å². The van der Waals surface area contributed by atoms with Gasteiger partial charge >= 0.3 is 5.97 Å². The maximum Gasteiger partial charge on any atom is 0.335 e. The SMILES string of the molecule is Nc1cc(C(=O)O)ccc1N1CCN(c2ncccn2)CC1. The van der Waals surface area contributed by atoms with Gasteiger partial charge in [-0.1, -0.05) is 0 Å². The number of carboxylic acid groups (broad SMARTS) is 1. The third-order valence-corrected chi connectivity index (χ3v) is 3.73. The molecule has 22 heavy (non-hydrogen) atoms. The van der Waals surface area contributed by atoms with Crippen LogP contribution in [-0.4, -0.2) is 47.2 Å². The van der Waals surface area contributed by atoms with Crippen molar-refractivity contribution in [2.75, 3.05) is 41.7 Å². The van der Waals surface area contributed by atoms with E-state index in [2.05, 4.69) is 19.8 Å². The summed E-state index contributed by atoms with van der Waals surface area (Å²) in [5.41, 5.74) is 7.56. The zero-order valence-corrected chi connectivity index (χ0v) is 12.0. The van der Waals surface area contributed by atoms with E-state index in [0.29, 0.717) is 5.69 Å². The molecule has 1 saturated heterocycles. The first-order valence-corrected chi connectivity index (χ1v) is 7.05. The molecule has 2 heterocycles. The van der Waals surface area contributed by atoms with Gasteiger partial charge < -0.3 is 20.6 Å². The van der Waals surface area contributed by atoms with Crippen molar-refractivity contribution in [2.24, 2.45) is 0 Å². The highest BCUT2D eigenvalue weighted by Crippen LogP contribution is 2.26. The van der Waals surface area contributed by atoms with Gasteiger partial charge in [-0.2, -0.15) is 0 Å². The van der Waals surface area contributed by atoms with E-state index >= 15 is 0 Å². The van der Waals surface area contributed by atoms with E-state index in [1.165, 1.54) is 6.07 Å². The molecule has 0 unspecified atom stereocenters. The highest BCUT2D eigenvalue weighted by atomic mass is 16.4. The molecule has 0 saturated carbocycles. The van der Waals surface area contributed by atoms with E-state index in [-0.39, 0.29) is 5.56 Å². The van der Waals surface area contributed by atoms with Crippen molar-refractivity contribution in [2.45, 2.75) is 0 Å². The molecule has 1 aliphatic rings. The quantitative estimate of drug-likeness (QED) is 0.819. The minimum absolute atomic E-state index is 0.206. The second-order valence-corrected chi connectivity index (χ2v) is 5.10. The molecule has 7 nitrogen and oxygen atoms in total. The van der Waals surface area contributed by atoms with Gasteiger partial charge in [-0.15, -0.1) is 0 Å². The van der Waals surface area contributed by atoms with Crippen LogP contribution >= 0.6 is 0 Å². The number of nitrogens with zero attached hydrogens (tertiary/aromatic N) is 4. The van der Waals surface area contributed by atoms with E-state index in [1.807, 2.05) is 0 Å². The number of anilines is 3. The van der Waals surface area contributed by atoms with E-state index in [0.717, 1.165) is 37.8 Å². The van der Waals surface area contributed by atoms with Gasteiger partial charge in [0.1, 0.15) is 0 Å². The summed E-state index contributed by atoms with van der Waals surface area (Å²) in [6, 6.07) is 6.66. The molecule has 3 N–H and O–H groups in total. The fraction of sp³-hybridized carbons (Fsp3) is 0.267. The Morgan fingerprint density at radius 3 is 2.32 bits per heavy atom. The summed E-state index contributed by atoms with van der Waals surface area (Å²) in [4.78, 5) is 23.7. The minimum atomic E-state index is -0.968. The van der Waals surface area contributed by atoms with Crippen molar-refractivity contribution in [1.29, 1.82) is 0 Å². The molecule has 0 bridgehead atoms. The van der Waals surface area contributed by atoms with E-state index in [4.69, 9.17) is 10.8 Å². The molecule has 0 aliphatic carbocycles. The van der Waals surface area contributed by atoms with Crippen LogP contribution in [0.25, 0.3) is 0 Å². The zero-order valence-electron chi connectivity index (χ0n) is 12.0. The van der Waals surface area contributed by atoms with Crippen molar-refractivity contribution < 1.29 is 9.90 Å². The van der Waals surface area contributed by atoms with Crippen LogP contribution in [0.4, 0.5) is 17.3 Å². The lowest BCUT2D eigenvalue weighted by molar-refractivity contribution is 0.0697. The van der Waals surface area contributed by atoms with Gasteiger partial charge in [0.05, 0.1) is 16.9 Å². The molecule has 1 aromatic heterocycles. The fourth-order valence-electron chi connectivity index (χ4n) is 2.58. The summed E-state index contributed by atoms with van der Waals surface area (Å²) < 4.78 is 0. The Morgan fingerprint density at radius 2 is 1.73 bits per heavy atom. The second kappa shape index (κ2) is 5.88. The van der Waals surface area contributed by atoms with Gasteiger partial charge in [0.15, 0.2) is 0 Å². The highest BCUT2D eigenvalue weighted by molar-refractivity contribution is 5.90. The molecular weight excluding hydrogens is 282 g/mol. The normalized spacial score (nSPS) is 14.9. The first-order valence-electron chi connectivity index (χ1n) is 7.05. The van der Waals surface area contributed by atoms with Crippen molar-refractivity contribution in [3.8, 4) is 0 Å². The smallest absolute Gasteiger partial charge is 0.335 e. The number of nitrogen functional groups attached to an aromatic ring is 1. The number of hydrogen-bond acceptors (Lipinski definition) is 6. The third-order valence-electron chi connectivity index (χ3n) is 3.73. The number of aromatic carboxylic acids is 1. The maximum atomic E-state index is 11.0. The topological polar surface area (TPSA) is 95.6 Å². The van der Waals surface area contributed by atoms with Gasteiger partial charge in [0.2, 0.25) is 5.95 Å². The Kier molecular flexibility index (Phi) is 3.78. The first kappa shape index (κ1) is 14.1. The molecule has 1 aliphatic heterocycles. The number of aromatic nitrogens is 2. The summed E-state index contributed by atoms with van der Waals surface area (Å²) >= 11 is 0. The van der Waals surface area contributed by atoms with Gasteiger partial charge in [0, 0.05) is 38.6 Å². The van der Waals surface area contributed by atoms with Crippen LogP contribution in [0.15, 0.2) is 36.7 Å². The Labute approximate surface area is 128 Å². The van der Waals surface area contributed by atoms with Gasteiger partial charge in [-0.25, -0.2) is 14.8 Å². The summed E-state index contributed by atoms with van der Waals surface area (Å²) in [6.07, 6.45) is 3.47. The van der Waals surface area contributed by atoms with Crippen LogP contribution in [0.2, 0.25) is 0 Å². The lowest BCUT2D eigenvalue weighted by Crippen LogP contribution is -2.47. The van der Waals surface area contributed by atoms with Crippen molar-refractivity contribution in [3.63, 3.8) is 0 Å². The monoisotopic (exact) mass is 299 g/mol. The molecule has 7 heteroatoms. The van der Waals surface area contributed by atoms with E-state index in [1.54, 1.807) is 30.6 Å². The van der Waals surface area contributed by atoms with Crippen molar-refractivity contribution >= 4 is 23.3 Å². The van der Waals surface area contributed by atoms with Crippen LogP contribution in [0.5, 0.6) is 0 Å². The molecule has 0 atom stereocenters. The molecule has 114 valence electrons. The summed E-state index contributed by atoms with van der Waals surface area (Å²) in [5.74, 6) is -0.236. The average Bonchev–Trinajstić information content (AvgIpc) is 2.56. The molecule has 0 amide bonds. The molecule has 2 aromatic rings. The molecular formula is C15H17N5O2. The number of rotatable bonds is 3. The number of benzene rings is 1. The van der Waals surface area contributed by atoms with Crippen molar-refractivity contribution in [3.05, 3.63) is 42.2 Å². The summed E-state index contributed by atoms with van der Waals surface area (Å²) in [6.45, 7) is 3.16. The van der Waals surface area contributed by atoms with E-state index < -0.39 is 5.97 Å². The number of hydrogen-bond donors (Lipinski definition) is 2. The predicted molar refractivity (Wildman–Crippen MR) is 84.3 cm³/mol. The van der Waals surface area contributed by atoms with Gasteiger partial charge in [0.25, 0.3) is 0 Å². The highest BCUT2D eigenvalue weighted by Gasteiger charge is 2.20. The Hall–Kier alpha value is -2.83.